The number of ether oxygens (including phenoxy) is 1. The first-order valence-electron chi connectivity index (χ1n) is 7.17. The van der Waals surface area contributed by atoms with Crippen molar-refractivity contribution in [3.8, 4) is 0 Å². The maximum absolute atomic E-state index is 13.6. The van der Waals surface area contributed by atoms with Crippen LogP contribution in [0.25, 0.3) is 5.65 Å². The second-order valence-electron chi connectivity index (χ2n) is 5.10. The monoisotopic (exact) mass is 362 g/mol. The summed E-state index contributed by atoms with van der Waals surface area (Å²) in [7, 11) is 0. The molecule has 9 heteroatoms. The third-order valence-electron chi connectivity index (χ3n) is 3.31. The van der Waals surface area contributed by atoms with Gasteiger partial charge in [0.2, 0.25) is 0 Å². The van der Waals surface area contributed by atoms with Crippen LogP contribution in [0.5, 0.6) is 0 Å². The summed E-state index contributed by atoms with van der Waals surface area (Å²) >= 11 is 5.75. The molecular weight excluding hydrogens is 351 g/mol. The summed E-state index contributed by atoms with van der Waals surface area (Å²) in [4.78, 5) is 28.2. The number of aryl methyl sites for hydroxylation is 1. The van der Waals surface area contributed by atoms with E-state index in [-0.39, 0.29) is 16.3 Å². The van der Waals surface area contributed by atoms with E-state index in [1.54, 1.807) is 19.2 Å². The second-order valence-corrected chi connectivity index (χ2v) is 5.53. The number of fused-ring (bicyclic) bond motifs is 1. The number of hydrogen-bond acceptors (Lipinski definition) is 5. The molecule has 2 aromatic heterocycles. The summed E-state index contributed by atoms with van der Waals surface area (Å²) < 4.78 is 20.0. The minimum absolute atomic E-state index is 0.0950. The van der Waals surface area contributed by atoms with Crippen molar-refractivity contribution in [2.75, 3.05) is 11.9 Å². The number of aromatic nitrogens is 3. The number of benzene rings is 1. The Balaban J connectivity index is 1.68. The Morgan fingerprint density at radius 3 is 3.00 bits per heavy atom. The molecular formula is C16H12ClFN4O3. The lowest BCUT2D eigenvalue weighted by Crippen LogP contribution is -2.21. The van der Waals surface area contributed by atoms with Crippen LogP contribution >= 0.6 is 11.6 Å². The Bertz CT molecular complexity index is 973. The van der Waals surface area contributed by atoms with Crippen molar-refractivity contribution < 1.29 is 18.7 Å². The van der Waals surface area contributed by atoms with Gasteiger partial charge in [0.05, 0.1) is 11.4 Å². The molecule has 0 spiro atoms. The van der Waals surface area contributed by atoms with Gasteiger partial charge in [-0.25, -0.2) is 18.7 Å². The van der Waals surface area contributed by atoms with Crippen LogP contribution in [0.3, 0.4) is 0 Å². The molecule has 1 aromatic carbocycles. The smallest absolute Gasteiger partial charge is 0.344 e. The highest BCUT2D eigenvalue weighted by atomic mass is 35.5. The summed E-state index contributed by atoms with van der Waals surface area (Å²) in [5.41, 5.74) is 0.820. The van der Waals surface area contributed by atoms with Crippen molar-refractivity contribution >= 4 is 34.8 Å². The van der Waals surface area contributed by atoms with Crippen molar-refractivity contribution in [2.45, 2.75) is 6.92 Å². The summed E-state index contributed by atoms with van der Waals surface area (Å²) in [6, 6.07) is 5.41. The first-order chi connectivity index (χ1) is 12.0. The van der Waals surface area contributed by atoms with Crippen LogP contribution in [0.4, 0.5) is 10.1 Å². The Hall–Kier alpha value is -3.00. The Kier molecular flexibility index (Phi) is 4.62. The van der Waals surface area contributed by atoms with E-state index in [1.165, 1.54) is 22.8 Å². The van der Waals surface area contributed by atoms with Gasteiger partial charge in [-0.2, -0.15) is 5.10 Å². The second kappa shape index (κ2) is 6.86. The third-order valence-corrected chi connectivity index (χ3v) is 3.55. The minimum Gasteiger partial charge on any atom is -0.452 e. The molecule has 2 heterocycles. The zero-order valence-corrected chi connectivity index (χ0v) is 13.7. The van der Waals surface area contributed by atoms with Gasteiger partial charge in [0.1, 0.15) is 11.4 Å². The molecule has 1 amide bonds. The molecule has 0 bridgehead atoms. The SMILES string of the molecule is Cc1nn2cccnc2c1C(=O)OCC(=O)Nc1cc(Cl)ccc1F. The fraction of sp³-hybridized carbons (Fsp3) is 0.125. The van der Waals surface area contributed by atoms with Crippen molar-refractivity contribution in [3.05, 3.63) is 58.8 Å². The molecule has 0 saturated carbocycles. The van der Waals surface area contributed by atoms with E-state index < -0.39 is 24.3 Å². The summed E-state index contributed by atoms with van der Waals surface area (Å²) in [5, 5.41) is 6.70. The van der Waals surface area contributed by atoms with E-state index in [0.717, 1.165) is 6.07 Å². The van der Waals surface area contributed by atoms with Gasteiger partial charge in [0.25, 0.3) is 5.91 Å². The molecule has 0 unspecified atom stereocenters. The van der Waals surface area contributed by atoms with Gasteiger partial charge in [-0.3, -0.25) is 4.79 Å². The molecule has 0 radical (unpaired) electrons. The van der Waals surface area contributed by atoms with E-state index in [1.807, 2.05) is 0 Å². The van der Waals surface area contributed by atoms with E-state index in [4.69, 9.17) is 16.3 Å². The topological polar surface area (TPSA) is 85.6 Å². The normalized spacial score (nSPS) is 10.7. The molecule has 0 aliphatic heterocycles. The van der Waals surface area contributed by atoms with Gasteiger partial charge in [-0.05, 0) is 31.2 Å². The van der Waals surface area contributed by atoms with Crippen LogP contribution in [0.15, 0.2) is 36.7 Å². The Morgan fingerprint density at radius 1 is 1.40 bits per heavy atom. The highest BCUT2D eigenvalue weighted by molar-refractivity contribution is 6.30. The average molecular weight is 363 g/mol. The van der Waals surface area contributed by atoms with Gasteiger partial charge in [-0.15, -0.1) is 0 Å². The first-order valence-corrected chi connectivity index (χ1v) is 7.55. The van der Waals surface area contributed by atoms with Crippen molar-refractivity contribution in [1.82, 2.24) is 14.6 Å². The number of nitrogens with zero attached hydrogens (tertiary/aromatic N) is 3. The van der Waals surface area contributed by atoms with Gasteiger partial charge in [0.15, 0.2) is 12.3 Å². The molecule has 7 nitrogen and oxygen atoms in total. The summed E-state index contributed by atoms with van der Waals surface area (Å²) in [6.45, 7) is 1.04. The fourth-order valence-corrected chi connectivity index (χ4v) is 2.39. The van der Waals surface area contributed by atoms with Crippen molar-refractivity contribution in [3.63, 3.8) is 0 Å². The zero-order chi connectivity index (χ0) is 18.0. The van der Waals surface area contributed by atoms with Crippen LogP contribution in [-0.2, 0) is 9.53 Å². The first kappa shape index (κ1) is 16.8. The lowest BCUT2D eigenvalue weighted by atomic mass is 10.2. The number of esters is 1. The average Bonchev–Trinajstić information content (AvgIpc) is 2.92. The molecule has 3 aromatic rings. The molecule has 3 rings (SSSR count). The van der Waals surface area contributed by atoms with Gasteiger partial charge in [-0.1, -0.05) is 11.6 Å². The lowest BCUT2D eigenvalue weighted by molar-refractivity contribution is -0.119. The van der Waals surface area contributed by atoms with Crippen LogP contribution < -0.4 is 5.32 Å². The Labute approximate surface area is 146 Å². The lowest BCUT2D eigenvalue weighted by Gasteiger charge is -2.07. The molecule has 128 valence electrons. The van der Waals surface area contributed by atoms with E-state index >= 15 is 0 Å². The van der Waals surface area contributed by atoms with E-state index in [9.17, 15) is 14.0 Å². The van der Waals surface area contributed by atoms with Crippen molar-refractivity contribution in [1.29, 1.82) is 0 Å². The number of carbonyl (C=O) groups excluding carboxylic acids is 2. The number of anilines is 1. The van der Waals surface area contributed by atoms with Crippen molar-refractivity contribution in [2.24, 2.45) is 0 Å². The molecule has 0 aliphatic carbocycles. The predicted octanol–water partition coefficient (Wildman–Crippen LogP) is 2.63. The molecule has 0 atom stereocenters. The molecule has 0 saturated heterocycles. The highest BCUT2D eigenvalue weighted by Gasteiger charge is 2.20. The maximum atomic E-state index is 13.6. The third kappa shape index (κ3) is 3.58. The molecule has 0 fully saturated rings. The van der Waals surface area contributed by atoms with Gasteiger partial charge < -0.3 is 10.1 Å². The molecule has 25 heavy (non-hydrogen) atoms. The van der Waals surface area contributed by atoms with Crippen LogP contribution in [0.2, 0.25) is 5.02 Å². The fourth-order valence-electron chi connectivity index (χ4n) is 2.22. The highest BCUT2D eigenvalue weighted by Crippen LogP contribution is 2.19. The standard InChI is InChI=1S/C16H12ClFN4O3/c1-9-14(15-19-5-2-6-22(15)21-9)16(24)25-8-13(23)20-12-7-10(17)3-4-11(12)18/h2-7H,8H2,1H3,(H,20,23). The molecule has 1 N–H and O–H groups in total. The summed E-state index contributed by atoms with van der Waals surface area (Å²) in [6.07, 6.45) is 3.16. The number of carbonyl (C=O) groups is 2. The summed E-state index contributed by atoms with van der Waals surface area (Å²) in [5.74, 6) is -2.09. The van der Waals surface area contributed by atoms with Gasteiger partial charge >= 0.3 is 5.97 Å². The largest absolute Gasteiger partial charge is 0.452 e. The molecule has 0 aliphatic rings. The maximum Gasteiger partial charge on any atom is 0.344 e. The quantitative estimate of drug-likeness (QED) is 0.721. The van der Waals surface area contributed by atoms with Gasteiger partial charge in [0, 0.05) is 17.4 Å². The van der Waals surface area contributed by atoms with E-state index in [2.05, 4.69) is 15.4 Å². The van der Waals surface area contributed by atoms with E-state index in [0.29, 0.717) is 11.3 Å². The number of hydrogen-bond donors (Lipinski definition) is 1. The van der Waals surface area contributed by atoms with Crippen LogP contribution in [0, 0.1) is 12.7 Å². The Morgan fingerprint density at radius 2 is 2.20 bits per heavy atom. The predicted molar refractivity (Wildman–Crippen MR) is 88.0 cm³/mol. The number of amides is 1. The zero-order valence-electron chi connectivity index (χ0n) is 13.0. The minimum atomic E-state index is -0.743. The van der Waals surface area contributed by atoms with Crippen LogP contribution in [0.1, 0.15) is 16.1 Å². The van der Waals surface area contributed by atoms with Crippen LogP contribution in [-0.4, -0.2) is 33.1 Å². The number of nitrogens with one attached hydrogen (secondary N) is 1. The number of rotatable bonds is 4. The number of halogens is 2.